The maximum Gasteiger partial charge on any atom is 0.144 e. The van der Waals surface area contributed by atoms with E-state index < -0.39 is 0 Å². The molecule has 0 fully saturated rings. The zero-order chi connectivity index (χ0) is 13.1. The fourth-order valence-electron chi connectivity index (χ4n) is 1.62. The monoisotopic (exact) mass is 239 g/mol. The first kappa shape index (κ1) is 11.9. The number of pyridine rings is 1. The summed E-state index contributed by atoms with van der Waals surface area (Å²) in [6.07, 6.45) is 1.54. The van der Waals surface area contributed by atoms with Gasteiger partial charge in [0.05, 0.1) is 0 Å². The average Bonchev–Trinajstić information content (AvgIpc) is 2.36. The SMILES string of the molecule is Cc1cc(C)c(Oc2ccnc(C#N)c2)cc1N. The largest absolute Gasteiger partial charge is 0.457 e. The number of anilines is 1. The number of aromatic nitrogens is 1. The van der Waals surface area contributed by atoms with Crippen molar-refractivity contribution in [2.24, 2.45) is 0 Å². The highest BCUT2D eigenvalue weighted by Gasteiger charge is 2.05. The quantitative estimate of drug-likeness (QED) is 0.818. The van der Waals surface area contributed by atoms with Crippen molar-refractivity contribution in [2.45, 2.75) is 13.8 Å². The second-order valence-electron chi connectivity index (χ2n) is 4.06. The Morgan fingerprint density at radius 1 is 1.22 bits per heavy atom. The van der Waals surface area contributed by atoms with Crippen molar-refractivity contribution in [2.75, 3.05) is 5.73 Å². The topological polar surface area (TPSA) is 71.9 Å². The van der Waals surface area contributed by atoms with Crippen molar-refractivity contribution in [3.05, 3.63) is 47.3 Å². The van der Waals surface area contributed by atoms with Crippen LogP contribution in [0.1, 0.15) is 16.8 Å². The Morgan fingerprint density at radius 2 is 2.00 bits per heavy atom. The third kappa shape index (κ3) is 2.41. The van der Waals surface area contributed by atoms with Gasteiger partial charge in [-0.3, -0.25) is 0 Å². The van der Waals surface area contributed by atoms with Gasteiger partial charge in [-0.15, -0.1) is 0 Å². The summed E-state index contributed by atoms with van der Waals surface area (Å²) in [5.74, 6) is 1.26. The molecule has 2 N–H and O–H groups in total. The molecule has 0 saturated carbocycles. The van der Waals surface area contributed by atoms with Crippen molar-refractivity contribution >= 4 is 5.69 Å². The van der Waals surface area contributed by atoms with E-state index in [-0.39, 0.29) is 0 Å². The van der Waals surface area contributed by atoms with Crippen molar-refractivity contribution < 1.29 is 4.74 Å². The van der Waals surface area contributed by atoms with Gasteiger partial charge in [0.1, 0.15) is 23.3 Å². The first-order valence-corrected chi connectivity index (χ1v) is 5.51. The van der Waals surface area contributed by atoms with Gasteiger partial charge in [-0.05, 0) is 31.0 Å². The van der Waals surface area contributed by atoms with Gasteiger partial charge >= 0.3 is 0 Å². The lowest BCUT2D eigenvalue weighted by atomic mass is 10.1. The molecule has 4 nitrogen and oxygen atoms in total. The standard InChI is InChI=1S/C14H13N3O/c1-9-5-10(2)14(7-13(9)16)18-12-3-4-17-11(6-12)8-15/h3-7H,16H2,1-2H3. The van der Waals surface area contributed by atoms with Crippen LogP contribution in [0.15, 0.2) is 30.5 Å². The molecule has 18 heavy (non-hydrogen) atoms. The Labute approximate surface area is 106 Å². The van der Waals surface area contributed by atoms with E-state index in [4.69, 9.17) is 15.7 Å². The number of hydrogen-bond donors (Lipinski definition) is 1. The Hall–Kier alpha value is -2.54. The van der Waals surface area contributed by atoms with E-state index in [1.165, 1.54) is 0 Å². The molecule has 0 atom stereocenters. The van der Waals surface area contributed by atoms with Gasteiger partial charge in [0.2, 0.25) is 0 Å². The van der Waals surface area contributed by atoms with E-state index in [0.717, 1.165) is 11.1 Å². The van der Waals surface area contributed by atoms with Crippen LogP contribution in [0.3, 0.4) is 0 Å². The van der Waals surface area contributed by atoms with Crippen molar-refractivity contribution in [3.63, 3.8) is 0 Å². The highest BCUT2D eigenvalue weighted by atomic mass is 16.5. The predicted molar refractivity (Wildman–Crippen MR) is 69.4 cm³/mol. The van der Waals surface area contributed by atoms with E-state index in [9.17, 15) is 0 Å². The first-order chi connectivity index (χ1) is 8.60. The third-order valence-corrected chi connectivity index (χ3v) is 2.64. The molecule has 0 unspecified atom stereocenters. The summed E-state index contributed by atoms with van der Waals surface area (Å²) in [5.41, 5.74) is 8.88. The second-order valence-corrected chi connectivity index (χ2v) is 4.06. The molecule has 90 valence electrons. The molecule has 0 saturated heterocycles. The zero-order valence-electron chi connectivity index (χ0n) is 10.3. The van der Waals surface area contributed by atoms with E-state index in [0.29, 0.717) is 22.9 Å². The Bertz CT molecular complexity index is 629. The lowest BCUT2D eigenvalue weighted by Crippen LogP contribution is -1.94. The highest BCUT2D eigenvalue weighted by molar-refractivity contribution is 5.55. The van der Waals surface area contributed by atoms with E-state index in [1.807, 2.05) is 26.0 Å². The number of aryl methyl sites for hydroxylation is 2. The lowest BCUT2D eigenvalue weighted by Gasteiger charge is -2.11. The van der Waals surface area contributed by atoms with Gasteiger partial charge in [-0.1, -0.05) is 6.07 Å². The summed E-state index contributed by atoms with van der Waals surface area (Å²) in [6, 6.07) is 9.03. The molecule has 1 aromatic heterocycles. The highest BCUT2D eigenvalue weighted by Crippen LogP contribution is 2.29. The molecule has 2 rings (SSSR count). The summed E-state index contributed by atoms with van der Waals surface area (Å²) in [5, 5.41) is 8.78. The van der Waals surface area contributed by atoms with Gasteiger partial charge in [0.25, 0.3) is 0 Å². The minimum Gasteiger partial charge on any atom is -0.457 e. The summed E-state index contributed by atoms with van der Waals surface area (Å²) >= 11 is 0. The minimum atomic E-state index is 0.324. The molecule has 1 aromatic carbocycles. The number of nitrogens with zero attached hydrogens (tertiary/aromatic N) is 2. The van der Waals surface area contributed by atoms with Crippen molar-refractivity contribution in [3.8, 4) is 17.6 Å². The Morgan fingerprint density at radius 3 is 2.72 bits per heavy atom. The minimum absolute atomic E-state index is 0.324. The van der Waals surface area contributed by atoms with Crippen LogP contribution >= 0.6 is 0 Å². The van der Waals surface area contributed by atoms with Crippen LogP contribution in [0, 0.1) is 25.2 Å². The normalized spacial score (nSPS) is 9.83. The molecule has 0 spiro atoms. The molecule has 0 bridgehead atoms. The lowest BCUT2D eigenvalue weighted by molar-refractivity contribution is 0.478. The number of nitriles is 1. The van der Waals surface area contributed by atoms with Crippen LogP contribution in [0.5, 0.6) is 11.5 Å². The average molecular weight is 239 g/mol. The summed E-state index contributed by atoms with van der Waals surface area (Å²) in [6.45, 7) is 3.90. The summed E-state index contributed by atoms with van der Waals surface area (Å²) in [4.78, 5) is 3.89. The number of benzene rings is 1. The van der Waals surface area contributed by atoms with Crippen molar-refractivity contribution in [1.82, 2.24) is 4.98 Å². The fraction of sp³-hybridized carbons (Fsp3) is 0.143. The number of rotatable bonds is 2. The molecular weight excluding hydrogens is 226 g/mol. The van der Waals surface area contributed by atoms with Crippen LogP contribution < -0.4 is 10.5 Å². The maximum atomic E-state index is 8.78. The smallest absolute Gasteiger partial charge is 0.144 e. The fourth-order valence-corrected chi connectivity index (χ4v) is 1.62. The molecule has 0 aliphatic rings. The van der Waals surface area contributed by atoms with Gasteiger partial charge in [-0.2, -0.15) is 5.26 Å². The summed E-state index contributed by atoms with van der Waals surface area (Å²) in [7, 11) is 0. The molecule has 0 amide bonds. The van der Waals surface area contributed by atoms with E-state index in [2.05, 4.69) is 4.98 Å². The maximum absolute atomic E-state index is 8.78. The number of nitrogens with two attached hydrogens (primary N) is 1. The molecule has 1 heterocycles. The van der Waals surface area contributed by atoms with E-state index in [1.54, 1.807) is 24.4 Å². The number of hydrogen-bond acceptors (Lipinski definition) is 4. The van der Waals surface area contributed by atoms with Crippen LogP contribution in [0.2, 0.25) is 0 Å². The van der Waals surface area contributed by atoms with Crippen LogP contribution in [0.25, 0.3) is 0 Å². The van der Waals surface area contributed by atoms with Gasteiger partial charge in [0.15, 0.2) is 0 Å². The molecule has 0 radical (unpaired) electrons. The molecule has 2 aromatic rings. The molecule has 0 aliphatic carbocycles. The van der Waals surface area contributed by atoms with Crippen LogP contribution in [0.4, 0.5) is 5.69 Å². The molecule has 0 aliphatic heterocycles. The number of ether oxygens (including phenoxy) is 1. The van der Waals surface area contributed by atoms with Gasteiger partial charge in [-0.25, -0.2) is 4.98 Å². The Balaban J connectivity index is 2.34. The third-order valence-electron chi connectivity index (χ3n) is 2.64. The van der Waals surface area contributed by atoms with Crippen LogP contribution in [-0.2, 0) is 0 Å². The zero-order valence-corrected chi connectivity index (χ0v) is 10.3. The van der Waals surface area contributed by atoms with Crippen LogP contribution in [-0.4, -0.2) is 4.98 Å². The number of nitrogen functional groups attached to an aromatic ring is 1. The van der Waals surface area contributed by atoms with Gasteiger partial charge < -0.3 is 10.5 Å². The second kappa shape index (κ2) is 4.76. The van der Waals surface area contributed by atoms with E-state index >= 15 is 0 Å². The molecule has 4 heteroatoms. The Kier molecular flexibility index (Phi) is 3.16. The van der Waals surface area contributed by atoms with Gasteiger partial charge in [0, 0.05) is 24.0 Å². The van der Waals surface area contributed by atoms with Crippen molar-refractivity contribution in [1.29, 1.82) is 5.26 Å². The first-order valence-electron chi connectivity index (χ1n) is 5.51. The summed E-state index contributed by atoms with van der Waals surface area (Å²) < 4.78 is 5.72. The molecular formula is C14H13N3O. The predicted octanol–water partition coefficient (Wildman–Crippen LogP) is 2.94.